The van der Waals surface area contributed by atoms with Crippen molar-refractivity contribution < 1.29 is 14.3 Å². The Morgan fingerprint density at radius 2 is 2.10 bits per heavy atom. The Morgan fingerprint density at radius 3 is 2.70 bits per heavy atom. The number of carbonyl (C=O) groups is 1. The van der Waals surface area contributed by atoms with Crippen LogP contribution in [0.15, 0.2) is 18.2 Å². The van der Waals surface area contributed by atoms with Crippen LogP contribution in [0.5, 0.6) is 5.75 Å². The average molecular weight is 276 g/mol. The van der Waals surface area contributed by atoms with Crippen molar-refractivity contribution in [2.75, 3.05) is 19.4 Å². The van der Waals surface area contributed by atoms with Crippen molar-refractivity contribution in [1.82, 2.24) is 5.32 Å². The number of carbonyl (C=O) groups excluding carboxylic acids is 1. The SMILES string of the molecule is COc1ccc(N)cc1C#CCNC(=O)OC(C)(C)C. The molecule has 0 spiro atoms. The predicted molar refractivity (Wildman–Crippen MR) is 78.5 cm³/mol. The number of hydrogen-bond acceptors (Lipinski definition) is 4. The molecule has 0 aliphatic rings. The van der Waals surface area contributed by atoms with Crippen molar-refractivity contribution in [3.8, 4) is 17.6 Å². The standard InChI is InChI=1S/C15H20N2O3/c1-15(2,3)20-14(18)17-9-5-6-11-10-12(16)7-8-13(11)19-4/h7-8,10H,9,16H2,1-4H3,(H,17,18). The van der Waals surface area contributed by atoms with E-state index in [1.807, 2.05) is 0 Å². The maximum Gasteiger partial charge on any atom is 0.408 e. The number of nitrogens with one attached hydrogen (secondary N) is 1. The summed E-state index contributed by atoms with van der Waals surface area (Å²) < 4.78 is 10.3. The molecular formula is C15H20N2O3. The van der Waals surface area contributed by atoms with E-state index in [0.29, 0.717) is 17.0 Å². The number of amides is 1. The van der Waals surface area contributed by atoms with Gasteiger partial charge in [0.2, 0.25) is 0 Å². The van der Waals surface area contributed by atoms with Gasteiger partial charge in [-0.1, -0.05) is 11.8 Å². The van der Waals surface area contributed by atoms with Crippen LogP contribution in [0.1, 0.15) is 26.3 Å². The number of benzene rings is 1. The summed E-state index contributed by atoms with van der Waals surface area (Å²) in [5, 5.41) is 2.55. The van der Waals surface area contributed by atoms with Crippen molar-refractivity contribution in [3.05, 3.63) is 23.8 Å². The number of nitrogen functional groups attached to an aromatic ring is 1. The largest absolute Gasteiger partial charge is 0.495 e. The van der Waals surface area contributed by atoms with Crippen LogP contribution in [-0.4, -0.2) is 25.3 Å². The van der Waals surface area contributed by atoms with Crippen molar-refractivity contribution in [1.29, 1.82) is 0 Å². The number of nitrogens with two attached hydrogens (primary N) is 1. The summed E-state index contributed by atoms with van der Waals surface area (Å²) in [4.78, 5) is 11.4. The molecule has 0 saturated heterocycles. The normalized spacial score (nSPS) is 10.2. The maximum absolute atomic E-state index is 11.4. The summed E-state index contributed by atoms with van der Waals surface area (Å²) in [6, 6.07) is 5.21. The Hall–Kier alpha value is -2.35. The molecule has 20 heavy (non-hydrogen) atoms. The predicted octanol–water partition coefficient (Wildman–Crippen LogP) is 2.15. The third kappa shape index (κ3) is 5.53. The first kappa shape index (κ1) is 15.7. The van der Waals surface area contributed by atoms with Crippen molar-refractivity contribution in [2.45, 2.75) is 26.4 Å². The average Bonchev–Trinajstić information content (AvgIpc) is 2.33. The Bertz CT molecular complexity index is 536. The summed E-state index contributed by atoms with van der Waals surface area (Å²) in [6.45, 7) is 5.59. The van der Waals surface area contributed by atoms with E-state index in [0.717, 1.165) is 0 Å². The molecule has 1 aromatic rings. The first-order chi connectivity index (χ1) is 9.31. The number of alkyl carbamates (subject to hydrolysis) is 1. The lowest BCUT2D eigenvalue weighted by molar-refractivity contribution is 0.0535. The summed E-state index contributed by atoms with van der Waals surface area (Å²) in [5.74, 6) is 6.36. The van der Waals surface area contributed by atoms with Crippen LogP contribution in [0.3, 0.4) is 0 Å². The molecule has 0 bridgehead atoms. The summed E-state index contributed by atoms with van der Waals surface area (Å²) in [5.41, 5.74) is 6.46. The maximum atomic E-state index is 11.4. The van der Waals surface area contributed by atoms with E-state index >= 15 is 0 Å². The molecule has 1 amide bonds. The highest BCUT2D eigenvalue weighted by atomic mass is 16.6. The number of ether oxygens (including phenoxy) is 2. The van der Waals surface area contributed by atoms with Crippen LogP contribution in [0.4, 0.5) is 10.5 Å². The highest BCUT2D eigenvalue weighted by Crippen LogP contribution is 2.19. The number of rotatable bonds is 2. The fourth-order valence-corrected chi connectivity index (χ4v) is 1.39. The quantitative estimate of drug-likeness (QED) is 0.641. The van der Waals surface area contributed by atoms with Gasteiger partial charge in [0.05, 0.1) is 19.2 Å². The lowest BCUT2D eigenvalue weighted by atomic mass is 10.2. The van der Waals surface area contributed by atoms with Crippen molar-refractivity contribution in [2.24, 2.45) is 0 Å². The molecule has 0 radical (unpaired) electrons. The first-order valence-corrected chi connectivity index (χ1v) is 6.21. The topological polar surface area (TPSA) is 73.6 Å². The molecule has 0 atom stereocenters. The summed E-state index contributed by atoms with van der Waals surface area (Å²) in [7, 11) is 1.57. The molecule has 0 unspecified atom stereocenters. The number of methoxy groups -OCH3 is 1. The summed E-state index contributed by atoms with van der Waals surface area (Å²) in [6.07, 6.45) is -0.494. The van der Waals surface area contributed by atoms with Crippen molar-refractivity contribution >= 4 is 11.8 Å². The molecule has 0 heterocycles. The zero-order valence-electron chi connectivity index (χ0n) is 12.2. The second-order valence-corrected chi connectivity index (χ2v) is 5.12. The Kier molecular flexibility index (Phi) is 5.27. The van der Waals surface area contributed by atoms with Gasteiger partial charge in [0.15, 0.2) is 0 Å². The monoisotopic (exact) mass is 276 g/mol. The fraction of sp³-hybridized carbons (Fsp3) is 0.400. The Labute approximate surface area is 119 Å². The smallest absolute Gasteiger partial charge is 0.408 e. The Balaban J connectivity index is 2.59. The van der Waals surface area contributed by atoms with Crippen LogP contribution in [0.25, 0.3) is 0 Å². The Morgan fingerprint density at radius 1 is 1.40 bits per heavy atom. The van der Waals surface area contributed by atoms with Gasteiger partial charge >= 0.3 is 6.09 Å². The van der Waals surface area contributed by atoms with E-state index in [9.17, 15) is 4.79 Å². The molecule has 5 heteroatoms. The zero-order valence-corrected chi connectivity index (χ0v) is 12.2. The highest BCUT2D eigenvalue weighted by Gasteiger charge is 2.14. The molecule has 1 rings (SSSR count). The van der Waals surface area contributed by atoms with E-state index in [4.69, 9.17) is 15.2 Å². The van der Waals surface area contributed by atoms with E-state index in [2.05, 4.69) is 17.2 Å². The minimum absolute atomic E-state index is 0.187. The minimum atomic E-state index is -0.519. The minimum Gasteiger partial charge on any atom is -0.495 e. The third-order valence-electron chi connectivity index (χ3n) is 2.17. The van der Waals surface area contributed by atoms with Gasteiger partial charge in [-0.2, -0.15) is 0 Å². The second-order valence-electron chi connectivity index (χ2n) is 5.12. The van der Waals surface area contributed by atoms with Crippen LogP contribution in [0.2, 0.25) is 0 Å². The lowest BCUT2D eigenvalue weighted by Crippen LogP contribution is -2.32. The van der Waals surface area contributed by atoms with Crippen LogP contribution >= 0.6 is 0 Å². The molecule has 0 fully saturated rings. The van der Waals surface area contributed by atoms with E-state index < -0.39 is 11.7 Å². The summed E-state index contributed by atoms with van der Waals surface area (Å²) >= 11 is 0. The molecule has 1 aromatic carbocycles. The van der Waals surface area contributed by atoms with Gasteiger partial charge < -0.3 is 20.5 Å². The molecule has 3 N–H and O–H groups in total. The number of anilines is 1. The second kappa shape index (κ2) is 6.71. The van der Waals surface area contributed by atoms with Crippen LogP contribution < -0.4 is 15.8 Å². The van der Waals surface area contributed by atoms with Gasteiger partial charge in [0.1, 0.15) is 11.4 Å². The lowest BCUT2D eigenvalue weighted by Gasteiger charge is -2.19. The van der Waals surface area contributed by atoms with Gasteiger partial charge in [-0.3, -0.25) is 0 Å². The number of hydrogen-bond donors (Lipinski definition) is 2. The first-order valence-electron chi connectivity index (χ1n) is 6.21. The van der Waals surface area contributed by atoms with E-state index in [1.54, 1.807) is 46.1 Å². The molecule has 0 aliphatic carbocycles. The molecule has 0 saturated carbocycles. The van der Waals surface area contributed by atoms with Gasteiger partial charge in [-0.15, -0.1) is 0 Å². The molecule has 0 aliphatic heterocycles. The molecule has 5 nitrogen and oxygen atoms in total. The van der Waals surface area contributed by atoms with Gasteiger partial charge in [-0.25, -0.2) is 4.79 Å². The van der Waals surface area contributed by atoms with Crippen molar-refractivity contribution in [3.63, 3.8) is 0 Å². The van der Waals surface area contributed by atoms with Gasteiger partial charge in [0, 0.05) is 5.69 Å². The van der Waals surface area contributed by atoms with Gasteiger partial charge in [0.25, 0.3) is 0 Å². The van der Waals surface area contributed by atoms with Crippen LogP contribution in [0, 0.1) is 11.8 Å². The van der Waals surface area contributed by atoms with E-state index in [-0.39, 0.29) is 6.54 Å². The molecule has 108 valence electrons. The fourth-order valence-electron chi connectivity index (χ4n) is 1.39. The zero-order chi connectivity index (χ0) is 15.2. The third-order valence-corrected chi connectivity index (χ3v) is 2.17. The van der Waals surface area contributed by atoms with Gasteiger partial charge in [-0.05, 0) is 39.0 Å². The highest BCUT2D eigenvalue weighted by molar-refractivity contribution is 5.68. The molecule has 0 aromatic heterocycles. The molecular weight excluding hydrogens is 256 g/mol. The van der Waals surface area contributed by atoms with E-state index in [1.165, 1.54) is 0 Å². The van der Waals surface area contributed by atoms with Crippen LogP contribution in [-0.2, 0) is 4.74 Å².